The van der Waals surface area contributed by atoms with Crippen LogP contribution in [-0.2, 0) is 10.0 Å². The average Bonchev–Trinajstić information content (AvgIpc) is 2.38. The first kappa shape index (κ1) is 14.7. The number of anilines is 1. The second kappa shape index (κ2) is 5.76. The lowest BCUT2D eigenvalue weighted by Crippen LogP contribution is -2.44. The number of nitro benzene ring substituents is 1. The standard InChI is InChI=1S/C12H17N3O4S/c1-20(18,19)14-8-4-5-10(9-14)13-11-6-2-3-7-12(11)15(16)17/h2-3,6-7,10,13H,4-5,8-9H2,1H3/t10-/m1/s1. The third kappa shape index (κ3) is 3.45. The van der Waals surface area contributed by atoms with Gasteiger partial charge in [-0.25, -0.2) is 12.7 Å². The molecule has 0 saturated carbocycles. The summed E-state index contributed by atoms with van der Waals surface area (Å²) in [4.78, 5) is 10.5. The summed E-state index contributed by atoms with van der Waals surface area (Å²) in [6, 6.07) is 6.27. The van der Waals surface area contributed by atoms with Crippen LogP contribution in [0.15, 0.2) is 24.3 Å². The molecule has 0 radical (unpaired) electrons. The van der Waals surface area contributed by atoms with Crippen molar-refractivity contribution in [2.75, 3.05) is 24.7 Å². The number of nitrogens with zero attached hydrogens (tertiary/aromatic N) is 2. The smallest absolute Gasteiger partial charge is 0.292 e. The van der Waals surface area contributed by atoms with Crippen LogP contribution in [0.5, 0.6) is 0 Å². The molecular weight excluding hydrogens is 282 g/mol. The minimum absolute atomic E-state index is 0.00368. The Hall–Kier alpha value is -1.67. The quantitative estimate of drug-likeness (QED) is 0.670. The summed E-state index contributed by atoms with van der Waals surface area (Å²) < 4.78 is 24.5. The van der Waals surface area contributed by atoms with E-state index in [-0.39, 0.29) is 11.7 Å². The molecule has 0 bridgehead atoms. The molecule has 1 aromatic carbocycles. The van der Waals surface area contributed by atoms with E-state index in [4.69, 9.17) is 0 Å². The summed E-state index contributed by atoms with van der Waals surface area (Å²) in [6.45, 7) is 0.846. The van der Waals surface area contributed by atoms with Crippen molar-refractivity contribution in [1.29, 1.82) is 0 Å². The Morgan fingerprint density at radius 3 is 2.75 bits per heavy atom. The Kier molecular flexibility index (Phi) is 4.24. The highest BCUT2D eigenvalue weighted by Gasteiger charge is 2.27. The van der Waals surface area contributed by atoms with Crippen molar-refractivity contribution in [2.45, 2.75) is 18.9 Å². The van der Waals surface area contributed by atoms with Gasteiger partial charge in [-0.05, 0) is 18.9 Å². The first-order valence-corrected chi connectivity index (χ1v) is 8.18. The summed E-state index contributed by atoms with van der Waals surface area (Å²) in [5, 5.41) is 14.0. The van der Waals surface area contributed by atoms with Gasteiger partial charge in [-0.1, -0.05) is 12.1 Å². The summed E-state index contributed by atoms with van der Waals surface area (Å²) in [6.07, 6.45) is 2.71. The number of rotatable bonds is 4. The molecule has 1 aliphatic rings. The van der Waals surface area contributed by atoms with E-state index in [9.17, 15) is 18.5 Å². The fraction of sp³-hybridized carbons (Fsp3) is 0.500. The molecule has 0 unspecified atom stereocenters. The molecular formula is C12H17N3O4S. The SMILES string of the molecule is CS(=O)(=O)N1CCC[C@@H](Nc2ccccc2[N+](=O)[O-])C1. The molecule has 0 amide bonds. The fourth-order valence-corrected chi connectivity index (χ4v) is 3.25. The van der Waals surface area contributed by atoms with Crippen LogP contribution in [0.25, 0.3) is 0 Å². The maximum absolute atomic E-state index is 11.5. The summed E-state index contributed by atoms with van der Waals surface area (Å²) in [5.41, 5.74) is 0.432. The van der Waals surface area contributed by atoms with Crippen molar-refractivity contribution in [1.82, 2.24) is 4.31 Å². The first-order valence-electron chi connectivity index (χ1n) is 6.33. The predicted molar refractivity (Wildman–Crippen MR) is 76.2 cm³/mol. The highest BCUT2D eigenvalue weighted by Crippen LogP contribution is 2.26. The molecule has 1 saturated heterocycles. The van der Waals surface area contributed by atoms with E-state index in [1.165, 1.54) is 16.6 Å². The normalized spacial score (nSPS) is 20.6. The van der Waals surface area contributed by atoms with Crippen LogP contribution < -0.4 is 5.32 Å². The summed E-state index contributed by atoms with van der Waals surface area (Å²) in [5.74, 6) is 0. The van der Waals surface area contributed by atoms with Crippen molar-refractivity contribution >= 4 is 21.4 Å². The molecule has 1 aromatic rings. The number of nitro groups is 1. The number of hydrogen-bond donors (Lipinski definition) is 1. The van der Waals surface area contributed by atoms with Gasteiger partial charge in [0.25, 0.3) is 5.69 Å². The number of benzene rings is 1. The van der Waals surface area contributed by atoms with Gasteiger partial charge in [-0.15, -0.1) is 0 Å². The zero-order chi connectivity index (χ0) is 14.8. The van der Waals surface area contributed by atoms with E-state index in [2.05, 4.69) is 5.32 Å². The molecule has 1 fully saturated rings. The third-order valence-corrected chi connectivity index (χ3v) is 4.58. The van der Waals surface area contributed by atoms with Crippen molar-refractivity contribution in [3.8, 4) is 0 Å². The van der Waals surface area contributed by atoms with Crippen LogP contribution in [0.4, 0.5) is 11.4 Å². The molecule has 1 aliphatic heterocycles. The van der Waals surface area contributed by atoms with Crippen LogP contribution >= 0.6 is 0 Å². The van der Waals surface area contributed by atoms with Gasteiger partial charge in [-0.2, -0.15) is 0 Å². The zero-order valence-corrected chi connectivity index (χ0v) is 12.0. The number of para-hydroxylation sites is 2. The minimum Gasteiger partial charge on any atom is -0.375 e. The van der Waals surface area contributed by atoms with Gasteiger partial charge in [0, 0.05) is 25.2 Å². The largest absolute Gasteiger partial charge is 0.375 e. The molecule has 20 heavy (non-hydrogen) atoms. The third-order valence-electron chi connectivity index (χ3n) is 3.31. The molecule has 7 nitrogen and oxygen atoms in total. The van der Waals surface area contributed by atoms with E-state index in [0.29, 0.717) is 18.8 Å². The second-order valence-electron chi connectivity index (χ2n) is 4.88. The molecule has 110 valence electrons. The number of sulfonamides is 1. The predicted octanol–water partition coefficient (Wildman–Crippen LogP) is 1.43. The summed E-state index contributed by atoms with van der Waals surface area (Å²) in [7, 11) is -3.22. The van der Waals surface area contributed by atoms with Gasteiger partial charge in [0.1, 0.15) is 5.69 Å². The van der Waals surface area contributed by atoms with Gasteiger partial charge >= 0.3 is 0 Å². The van der Waals surface area contributed by atoms with Crippen LogP contribution in [0.3, 0.4) is 0 Å². The Morgan fingerprint density at radius 2 is 2.10 bits per heavy atom. The van der Waals surface area contributed by atoms with Crippen molar-refractivity contribution in [3.63, 3.8) is 0 Å². The molecule has 8 heteroatoms. The Bertz CT molecular complexity index is 602. The van der Waals surface area contributed by atoms with Crippen molar-refractivity contribution in [2.24, 2.45) is 0 Å². The molecule has 1 atom stereocenters. The lowest BCUT2D eigenvalue weighted by atomic mass is 10.1. The van der Waals surface area contributed by atoms with E-state index in [1.54, 1.807) is 18.2 Å². The van der Waals surface area contributed by atoms with E-state index < -0.39 is 14.9 Å². The topological polar surface area (TPSA) is 92.6 Å². The summed E-state index contributed by atoms with van der Waals surface area (Å²) >= 11 is 0. The van der Waals surface area contributed by atoms with Gasteiger partial charge in [0.05, 0.1) is 11.2 Å². The van der Waals surface area contributed by atoms with E-state index >= 15 is 0 Å². The van der Waals surface area contributed by atoms with Crippen molar-refractivity contribution < 1.29 is 13.3 Å². The Morgan fingerprint density at radius 1 is 1.40 bits per heavy atom. The average molecular weight is 299 g/mol. The van der Waals surface area contributed by atoms with E-state index in [0.717, 1.165) is 12.8 Å². The first-order chi connectivity index (χ1) is 9.38. The molecule has 0 aromatic heterocycles. The Labute approximate surface area is 117 Å². The fourth-order valence-electron chi connectivity index (χ4n) is 2.34. The molecule has 0 spiro atoms. The second-order valence-corrected chi connectivity index (χ2v) is 6.86. The zero-order valence-electron chi connectivity index (χ0n) is 11.2. The van der Waals surface area contributed by atoms with Crippen LogP contribution in [0, 0.1) is 10.1 Å². The number of nitrogens with one attached hydrogen (secondary N) is 1. The van der Waals surface area contributed by atoms with Gasteiger partial charge in [0.2, 0.25) is 10.0 Å². The highest BCUT2D eigenvalue weighted by atomic mass is 32.2. The Balaban J connectivity index is 2.12. The highest BCUT2D eigenvalue weighted by molar-refractivity contribution is 7.88. The van der Waals surface area contributed by atoms with E-state index in [1.807, 2.05) is 0 Å². The van der Waals surface area contributed by atoms with Gasteiger partial charge in [-0.3, -0.25) is 10.1 Å². The van der Waals surface area contributed by atoms with Crippen LogP contribution in [-0.4, -0.2) is 43.0 Å². The van der Waals surface area contributed by atoms with Crippen LogP contribution in [0.1, 0.15) is 12.8 Å². The molecule has 2 rings (SSSR count). The maximum Gasteiger partial charge on any atom is 0.292 e. The number of piperidine rings is 1. The minimum atomic E-state index is -3.22. The monoisotopic (exact) mass is 299 g/mol. The lowest BCUT2D eigenvalue weighted by molar-refractivity contribution is -0.384. The lowest BCUT2D eigenvalue weighted by Gasteiger charge is -2.31. The van der Waals surface area contributed by atoms with Gasteiger partial charge < -0.3 is 5.32 Å². The van der Waals surface area contributed by atoms with Crippen LogP contribution in [0.2, 0.25) is 0 Å². The molecule has 1 N–H and O–H groups in total. The number of hydrogen-bond acceptors (Lipinski definition) is 5. The molecule has 0 aliphatic carbocycles. The molecule has 1 heterocycles. The van der Waals surface area contributed by atoms with Gasteiger partial charge in [0.15, 0.2) is 0 Å². The van der Waals surface area contributed by atoms with Crippen molar-refractivity contribution in [3.05, 3.63) is 34.4 Å². The maximum atomic E-state index is 11.5.